The monoisotopic (exact) mass is 334 g/mol. The van der Waals surface area contributed by atoms with E-state index in [-0.39, 0.29) is 0 Å². The van der Waals surface area contributed by atoms with Crippen LogP contribution in [0.5, 0.6) is 0 Å². The summed E-state index contributed by atoms with van der Waals surface area (Å²) in [4.78, 5) is 8.01. The Labute approximate surface area is 113 Å². The molecule has 0 saturated carbocycles. The van der Waals surface area contributed by atoms with Gasteiger partial charge in [0.05, 0.1) is 11.0 Å². The van der Waals surface area contributed by atoms with Crippen molar-refractivity contribution in [3.8, 4) is 11.4 Å². The van der Waals surface area contributed by atoms with Gasteiger partial charge in [0.25, 0.3) is 0 Å². The van der Waals surface area contributed by atoms with Crippen LogP contribution in [0.4, 0.5) is 0 Å². The van der Waals surface area contributed by atoms with Gasteiger partial charge < -0.3 is 4.98 Å². The van der Waals surface area contributed by atoms with Crippen molar-refractivity contribution in [3.63, 3.8) is 0 Å². The summed E-state index contributed by atoms with van der Waals surface area (Å²) >= 11 is 2.30. The number of aryl methyl sites for hydroxylation is 1. The van der Waals surface area contributed by atoms with Gasteiger partial charge in [-0.25, -0.2) is 4.98 Å². The van der Waals surface area contributed by atoms with Crippen LogP contribution >= 0.6 is 22.6 Å². The van der Waals surface area contributed by atoms with Crippen molar-refractivity contribution >= 4 is 33.6 Å². The zero-order chi connectivity index (χ0) is 11.8. The summed E-state index contributed by atoms with van der Waals surface area (Å²) in [6, 6.07) is 14.6. The number of aromatic amines is 1. The molecule has 0 aliphatic rings. The van der Waals surface area contributed by atoms with Crippen LogP contribution in [0, 0.1) is 10.5 Å². The van der Waals surface area contributed by atoms with Gasteiger partial charge in [-0.3, -0.25) is 0 Å². The first-order chi connectivity index (χ1) is 8.24. The molecule has 0 bridgehead atoms. The van der Waals surface area contributed by atoms with Crippen LogP contribution in [0.15, 0.2) is 42.5 Å². The summed E-state index contributed by atoms with van der Waals surface area (Å²) < 4.78 is 1.23. The van der Waals surface area contributed by atoms with Gasteiger partial charge in [-0.2, -0.15) is 0 Å². The first-order valence-corrected chi connectivity index (χ1v) is 6.53. The van der Waals surface area contributed by atoms with Crippen molar-refractivity contribution in [1.82, 2.24) is 9.97 Å². The molecule has 0 saturated heterocycles. The lowest BCUT2D eigenvalue weighted by atomic mass is 10.2. The second-order valence-corrected chi connectivity index (χ2v) is 5.31. The van der Waals surface area contributed by atoms with Crippen molar-refractivity contribution in [2.75, 3.05) is 0 Å². The highest BCUT2D eigenvalue weighted by Crippen LogP contribution is 2.22. The van der Waals surface area contributed by atoms with E-state index in [1.807, 2.05) is 6.07 Å². The Kier molecular flexibility index (Phi) is 2.63. The zero-order valence-electron chi connectivity index (χ0n) is 9.37. The van der Waals surface area contributed by atoms with Crippen molar-refractivity contribution in [3.05, 3.63) is 51.6 Å². The topological polar surface area (TPSA) is 28.7 Å². The molecule has 0 radical (unpaired) electrons. The number of benzene rings is 2. The fourth-order valence-corrected chi connectivity index (χ4v) is 2.28. The summed E-state index contributed by atoms with van der Waals surface area (Å²) in [5, 5.41) is 0. The van der Waals surface area contributed by atoms with E-state index in [0.29, 0.717) is 0 Å². The van der Waals surface area contributed by atoms with Crippen molar-refractivity contribution < 1.29 is 0 Å². The Bertz CT molecular complexity index is 668. The predicted molar refractivity (Wildman–Crippen MR) is 79.0 cm³/mol. The van der Waals surface area contributed by atoms with E-state index in [1.54, 1.807) is 0 Å². The second kappa shape index (κ2) is 4.14. The van der Waals surface area contributed by atoms with Crippen LogP contribution < -0.4 is 0 Å². The van der Waals surface area contributed by atoms with E-state index in [1.165, 1.54) is 9.13 Å². The van der Waals surface area contributed by atoms with E-state index in [2.05, 4.69) is 75.9 Å². The molecule has 2 nitrogen and oxygen atoms in total. The molecule has 0 amide bonds. The van der Waals surface area contributed by atoms with E-state index in [0.717, 1.165) is 22.4 Å². The Hall–Kier alpha value is -1.36. The maximum Gasteiger partial charge on any atom is 0.138 e. The number of hydrogen-bond acceptors (Lipinski definition) is 1. The van der Waals surface area contributed by atoms with Gasteiger partial charge in [-0.05, 0) is 53.3 Å². The highest BCUT2D eigenvalue weighted by Gasteiger charge is 2.06. The normalized spacial score (nSPS) is 10.9. The molecule has 0 aliphatic carbocycles. The van der Waals surface area contributed by atoms with E-state index < -0.39 is 0 Å². The van der Waals surface area contributed by atoms with Crippen molar-refractivity contribution in [2.45, 2.75) is 6.92 Å². The summed E-state index contributed by atoms with van der Waals surface area (Å²) in [6.07, 6.45) is 0. The molecule has 0 atom stereocenters. The third-order valence-electron chi connectivity index (χ3n) is 2.83. The lowest BCUT2D eigenvalue weighted by Crippen LogP contribution is -1.80. The molecular weight excluding hydrogens is 323 g/mol. The molecule has 0 fully saturated rings. The van der Waals surface area contributed by atoms with Crippen LogP contribution in [0.1, 0.15) is 5.56 Å². The van der Waals surface area contributed by atoms with Crippen LogP contribution in [-0.2, 0) is 0 Å². The molecule has 1 N–H and O–H groups in total. The van der Waals surface area contributed by atoms with Crippen LogP contribution in [-0.4, -0.2) is 9.97 Å². The van der Waals surface area contributed by atoms with Gasteiger partial charge in [0.2, 0.25) is 0 Å². The summed E-state index contributed by atoms with van der Waals surface area (Å²) in [6.45, 7) is 2.08. The summed E-state index contributed by atoms with van der Waals surface area (Å²) in [5.41, 5.74) is 4.48. The minimum Gasteiger partial charge on any atom is -0.338 e. The maximum absolute atomic E-state index is 4.65. The molecule has 1 aromatic heterocycles. The van der Waals surface area contributed by atoms with Crippen LogP contribution in [0.25, 0.3) is 22.4 Å². The molecule has 3 rings (SSSR count). The number of nitrogens with one attached hydrogen (secondary N) is 1. The lowest BCUT2D eigenvalue weighted by Gasteiger charge is -1.95. The number of imidazole rings is 1. The number of halogens is 1. The number of aromatic nitrogens is 2. The van der Waals surface area contributed by atoms with Crippen molar-refractivity contribution in [2.24, 2.45) is 0 Å². The fraction of sp³-hybridized carbons (Fsp3) is 0.0714. The molecular formula is C14H11IN2. The molecule has 17 heavy (non-hydrogen) atoms. The Balaban J connectivity index is 2.18. The number of nitrogens with zero attached hydrogens (tertiary/aromatic N) is 1. The van der Waals surface area contributed by atoms with Gasteiger partial charge in [0.15, 0.2) is 0 Å². The van der Waals surface area contributed by atoms with Crippen LogP contribution in [0.2, 0.25) is 0 Å². The van der Waals surface area contributed by atoms with E-state index >= 15 is 0 Å². The standard InChI is InChI=1S/C14H11IN2/c1-9-3-2-4-12-13(9)17-14(16-12)10-5-7-11(15)8-6-10/h2-8H,1H3,(H,16,17). The Morgan fingerprint density at radius 1 is 1.06 bits per heavy atom. The van der Waals surface area contributed by atoms with Gasteiger partial charge >= 0.3 is 0 Å². The number of hydrogen-bond donors (Lipinski definition) is 1. The molecule has 84 valence electrons. The fourth-order valence-electron chi connectivity index (χ4n) is 1.92. The maximum atomic E-state index is 4.65. The number of H-pyrrole nitrogens is 1. The molecule has 0 spiro atoms. The number of fused-ring (bicyclic) bond motifs is 1. The SMILES string of the molecule is Cc1cccc2[nH]c(-c3ccc(I)cc3)nc12. The van der Waals surface area contributed by atoms with Gasteiger partial charge in [-0.1, -0.05) is 24.3 Å². The average Bonchev–Trinajstić information content (AvgIpc) is 2.75. The zero-order valence-corrected chi connectivity index (χ0v) is 11.5. The van der Waals surface area contributed by atoms with Crippen LogP contribution in [0.3, 0.4) is 0 Å². The minimum atomic E-state index is 0.936. The smallest absolute Gasteiger partial charge is 0.138 e. The minimum absolute atomic E-state index is 0.936. The molecule has 0 unspecified atom stereocenters. The number of para-hydroxylation sites is 1. The lowest BCUT2D eigenvalue weighted by molar-refractivity contribution is 1.33. The largest absolute Gasteiger partial charge is 0.338 e. The second-order valence-electron chi connectivity index (χ2n) is 4.06. The summed E-state index contributed by atoms with van der Waals surface area (Å²) in [7, 11) is 0. The third-order valence-corrected chi connectivity index (χ3v) is 3.55. The first kappa shape index (κ1) is 10.8. The predicted octanol–water partition coefficient (Wildman–Crippen LogP) is 4.14. The average molecular weight is 334 g/mol. The molecule has 0 aliphatic heterocycles. The van der Waals surface area contributed by atoms with Gasteiger partial charge in [0, 0.05) is 9.13 Å². The Morgan fingerprint density at radius 3 is 2.53 bits per heavy atom. The van der Waals surface area contributed by atoms with Gasteiger partial charge in [-0.15, -0.1) is 0 Å². The summed E-state index contributed by atoms with van der Waals surface area (Å²) in [5.74, 6) is 0.936. The third kappa shape index (κ3) is 1.95. The highest BCUT2D eigenvalue weighted by atomic mass is 127. The number of rotatable bonds is 1. The Morgan fingerprint density at radius 2 is 1.82 bits per heavy atom. The molecule has 1 heterocycles. The highest BCUT2D eigenvalue weighted by molar-refractivity contribution is 14.1. The molecule has 2 aromatic carbocycles. The molecule has 3 heteroatoms. The van der Waals surface area contributed by atoms with Crippen molar-refractivity contribution in [1.29, 1.82) is 0 Å². The van der Waals surface area contributed by atoms with E-state index in [9.17, 15) is 0 Å². The first-order valence-electron chi connectivity index (χ1n) is 5.45. The van der Waals surface area contributed by atoms with E-state index in [4.69, 9.17) is 0 Å². The van der Waals surface area contributed by atoms with Gasteiger partial charge in [0.1, 0.15) is 5.82 Å². The quantitative estimate of drug-likeness (QED) is 0.666. The molecule has 3 aromatic rings.